The van der Waals surface area contributed by atoms with Crippen LogP contribution in [-0.4, -0.2) is 17.6 Å². The number of esters is 1. The molecule has 0 saturated heterocycles. The number of carbonyl (C=O) groups is 1. The summed E-state index contributed by atoms with van der Waals surface area (Å²) in [6.07, 6.45) is 0. The first-order chi connectivity index (χ1) is 9.25. The van der Waals surface area contributed by atoms with Crippen molar-refractivity contribution < 1.29 is 9.53 Å². The molecule has 5 heteroatoms. The topological polar surface area (TPSA) is 59.2 Å². The van der Waals surface area contributed by atoms with Gasteiger partial charge in [0, 0.05) is 17.2 Å². The molecule has 108 valence electrons. The molecule has 0 radical (unpaired) electrons. The molecule has 2 rings (SSSR count). The minimum atomic E-state index is -0.365. The van der Waals surface area contributed by atoms with Crippen LogP contribution in [0.25, 0.3) is 10.2 Å². The molecule has 0 saturated carbocycles. The predicted molar refractivity (Wildman–Crippen MR) is 81.8 cm³/mol. The third-order valence-electron chi connectivity index (χ3n) is 3.19. The molecule has 0 unspecified atom stereocenters. The smallest absolute Gasteiger partial charge is 0.348 e. The summed E-state index contributed by atoms with van der Waals surface area (Å²) in [7, 11) is 0. The van der Waals surface area contributed by atoms with Crippen molar-refractivity contribution >= 4 is 27.5 Å². The molecule has 0 fully saturated rings. The summed E-state index contributed by atoms with van der Waals surface area (Å²) in [5, 5.41) is 0.589. The van der Waals surface area contributed by atoms with Crippen LogP contribution in [0.3, 0.4) is 0 Å². The Morgan fingerprint density at radius 3 is 2.60 bits per heavy atom. The standard InChI is InChI=1S/C15H19NO3S/c1-6-19-14(18)12-8(2)11-9(17)7-10(15(3,4)5)16-13(11)20-12/h7H,6H2,1-5H3,(H,16,17). The van der Waals surface area contributed by atoms with Crippen molar-refractivity contribution in [2.45, 2.75) is 40.0 Å². The number of hydrogen-bond donors (Lipinski definition) is 1. The van der Waals surface area contributed by atoms with Crippen LogP contribution in [0, 0.1) is 6.92 Å². The number of nitrogens with one attached hydrogen (secondary N) is 1. The van der Waals surface area contributed by atoms with Crippen LogP contribution in [0.4, 0.5) is 0 Å². The van der Waals surface area contributed by atoms with E-state index in [0.717, 1.165) is 10.5 Å². The normalized spacial score (nSPS) is 11.8. The Morgan fingerprint density at radius 2 is 2.05 bits per heavy atom. The maximum Gasteiger partial charge on any atom is 0.348 e. The van der Waals surface area contributed by atoms with E-state index in [9.17, 15) is 9.59 Å². The number of ether oxygens (including phenoxy) is 1. The highest BCUT2D eigenvalue weighted by atomic mass is 32.1. The van der Waals surface area contributed by atoms with E-state index in [1.54, 1.807) is 19.9 Å². The Kier molecular flexibility index (Phi) is 3.73. The van der Waals surface area contributed by atoms with Gasteiger partial charge in [0.15, 0.2) is 5.43 Å². The Labute approximate surface area is 121 Å². The molecule has 0 aliphatic carbocycles. The lowest BCUT2D eigenvalue weighted by Crippen LogP contribution is -2.17. The van der Waals surface area contributed by atoms with Crippen molar-refractivity contribution in [2.75, 3.05) is 6.61 Å². The van der Waals surface area contributed by atoms with Crippen molar-refractivity contribution in [3.05, 3.63) is 32.4 Å². The molecule has 4 nitrogen and oxygen atoms in total. The minimum Gasteiger partial charge on any atom is -0.462 e. The zero-order valence-electron chi connectivity index (χ0n) is 12.4. The number of rotatable bonds is 2. The fourth-order valence-corrected chi connectivity index (χ4v) is 3.17. The lowest BCUT2D eigenvalue weighted by Gasteiger charge is -2.18. The van der Waals surface area contributed by atoms with Crippen LogP contribution in [-0.2, 0) is 10.2 Å². The molecule has 2 aromatic rings. The Balaban J connectivity index is 2.69. The maximum absolute atomic E-state index is 12.3. The van der Waals surface area contributed by atoms with Gasteiger partial charge in [-0.1, -0.05) is 20.8 Å². The average Bonchev–Trinajstić information content (AvgIpc) is 2.66. The number of aryl methyl sites for hydroxylation is 1. The third kappa shape index (κ3) is 2.50. The molecule has 2 heterocycles. The van der Waals surface area contributed by atoms with Crippen molar-refractivity contribution in [2.24, 2.45) is 0 Å². The second kappa shape index (κ2) is 5.05. The van der Waals surface area contributed by atoms with Gasteiger partial charge >= 0.3 is 5.97 Å². The van der Waals surface area contributed by atoms with E-state index >= 15 is 0 Å². The summed E-state index contributed by atoms with van der Waals surface area (Å²) < 4.78 is 5.03. The minimum absolute atomic E-state index is 0.0482. The molecular weight excluding hydrogens is 274 g/mol. The van der Waals surface area contributed by atoms with Crippen LogP contribution < -0.4 is 5.43 Å². The number of fused-ring (bicyclic) bond motifs is 1. The summed E-state index contributed by atoms with van der Waals surface area (Å²) >= 11 is 1.29. The molecule has 0 spiro atoms. The zero-order chi connectivity index (χ0) is 15.1. The fourth-order valence-electron chi connectivity index (χ4n) is 2.06. The molecule has 20 heavy (non-hydrogen) atoms. The summed E-state index contributed by atoms with van der Waals surface area (Å²) in [6, 6.07) is 1.62. The van der Waals surface area contributed by atoms with Crippen LogP contribution in [0.5, 0.6) is 0 Å². The first kappa shape index (κ1) is 14.8. The summed E-state index contributed by atoms with van der Waals surface area (Å²) in [4.78, 5) is 28.7. The average molecular weight is 293 g/mol. The Hall–Kier alpha value is -1.62. The van der Waals surface area contributed by atoms with Crippen LogP contribution in [0.1, 0.15) is 48.6 Å². The van der Waals surface area contributed by atoms with Gasteiger partial charge in [-0.2, -0.15) is 0 Å². The molecule has 0 aliphatic rings. The van der Waals surface area contributed by atoms with E-state index in [-0.39, 0.29) is 16.8 Å². The number of carbonyl (C=O) groups excluding carboxylic acids is 1. The van der Waals surface area contributed by atoms with E-state index in [1.807, 2.05) is 20.8 Å². The summed E-state index contributed by atoms with van der Waals surface area (Å²) in [5.74, 6) is -0.365. The first-order valence-electron chi connectivity index (χ1n) is 6.59. The van der Waals surface area contributed by atoms with Gasteiger partial charge in [0.2, 0.25) is 0 Å². The molecule has 0 amide bonds. The number of aromatic nitrogens is 1. The van der Waals surface area contributed by atoms with Crippen LogP contribution in [0.2, 0.25) is 0 Å². The molecule has 1 N–H and O–H groups in total. The maximum atomic E-state index is 12.3. The highest BCUT2D eigenvalue weighted by molar-refractivity contribution is 7.20. The van der Waals surface area contributed by atoms with E-state index in [4.69, 9.17) is 4.74 Å². The number of pyridine rings is 1. The van der Waals surface area contributed by atoms with Crippen molar-refractivity contribution in [3.63, 3.8) is 0 Å². The molecule has 2 aromatic heterocycles. The SMILES string of the molecule is CCOC(=O)c1sc2[nH]c(C(C)(C)C)cc(=O)c2c1C. The lowest BCUT2D eigenvalue weighted by molar-refractivity contribution is 0.0531. The largest absolute Gasteiger partial charge is 0.462 e. The van der Waals surface area contributed by atoms with Gasteiger partial charge in [-0.25, -0.2) is 4.79 Å². The second-order valence-corrected chi connectivity index (χ2v) is 6.80. The van der Waals surface area contributed by atoms with E-state index in [0.29, 0.717) is 22.4 Å². The van der Waals surface area contributed by atoms with Crippen molar-refractivity contribution in [1.29, 1.82) is 0 Å². The third-order valence-corrected chi connectivity index (χ3v) is 4.37. The number of hydrogen-bond acceptors (Lipinski definition) is 4. The van der Waals surface area contributed by atoms with Crippen molar-refractivity contribution in [1.82, 2.24) is 4.98 Å². The fraction of sp³-hybridized carbons (Fsp3) is 0.467. The quantitative estimate of drug-likeness (QED) is 0.864. The monoisotopic (exact) mass is 293 g/mol. The zero-order valence-corrected chi connectivity index (χ0v) is 13.2. The number of H-pyrrole nitrogens is 1. The van der Waals surface area contributed by atoms with Gasteiger partial charge in [-0.05, 0) is 19.4 Å². The molecule has 0 aliphatic heterocycles. The van der Waals surface area contributed by atoms with Gasteiger partial charge in [0.1, 0.15) is 9.71 Å². The molecule has 0 atom stereocenters. The molecule has 0 bridgehead atoms. The second-order valence-electron chi connectivity index (χ2n) is 5.78. The van der Waals surface area contributed by atoms with Gasteiger partial charge < -0.3 is 9.72 Å². The van der Waals surface area contributed by atoms with Gasteiger partial charge in [-0.15, -0.1) is 11.3 Å². The highest BCUT2D eigenvalue weighted by Crippen LogP contribution is 2.30. The summed E-state index contributed by atoms with van der Waals surface area (Å²) in [5.41, 5.74) is 1.37. The van der Waals surface area contributed by atoms with Crippen LogP contribution in [0.15, 0.2) is 10.9 Å². The Morgan fingerprint density at radius 1 is 1.40 bits per heavy atom. The molecular formula is C15H19NO3S. The lowest BCUT2D eigenvalue weighted by atomic mass is 9.91. The summed E-state index contributed by atoms with van der Waals surface area (Å²) in [6.45, 7) is 10.00. The Bertz CT molecular complexity index is 719. The van der Waals surface area contributed by atoms with Gasteiger partial charge in [0.05, 0.1) is 12.0 Å². The van der Waals surface area contributed by atoms with Gasteiger partial charge in [-0.3, -0.25) is 4.79 Å². The van der Waals surface area contributed by atoms with Gasteiger partial charge in [0.25, 0.3) is 0 Å². The van der Waals surface area contributed by atoms with Crippen LogP contribution >= 0.6 is 11.3 Å². The number of thiophene rings is 1. The predicted octanol–water partition coefficient (Wildman–Crippen LogP) is 3.37. The van der Waals surface area contributed by atoms with E-state index in [1.165, 1.54) is 11.3 Å². The van der Waals surface area contributed by atoms with E-state index < -0.39 is 0 Å². The van der Waals surface area contributed by atoms with Crippen molar-refractivity contribution in [3.8, 4) is 0 Å². The molecule has 0 aromatic carbocycles. The number of aromatic amines is 1. The first-order valence-corrected chi connectivity index (χ1v) is 7.41. The van der Waals surface area contributed by atoms with E-state index in [2.05, 4.69) is 4.98 Å². The highest BCUT2D eigenvalue weighted by Gasteiger charge is 2.22.